The minimum atomic E-state index is -0.452. The van der Waals surface area contributed by atoms with E-state index in [0.717, 1.165) is 25.9 Å². The third kappa shape index (κ3) is 3.67. The molecule has 7 nitrogen and oxygen atoms in total. The Labute approximate surface area is 185 Å². The Hall–Kier alpha value is -3.52. The summed E-state index contributed by atoms with van der Waals surface area (Å²) in [5.74, 6) is 0.695. The fourth-order valence-electron chi connectivity index (χ4n) is 4.24. The van der Waals surface area contributed by atoms with E-state index in [4.69, 9.17) is 9.47 Å². The third-order valence-electron chi connectivity index (χ3n) is 5.84. The first-order chi connectivity index (χ1) is 15.7. The van der Waals surface area contributed by atoms with Gasteiger partial charge in [0.05, 0.1) is 24.9 Å². The van der Waals surface area contributed by atoms with Crippen molar-refractivity contribution in [1.82, 2.24) is 15.3 Å². The number of nitrogens with one attached hydrogen (secondary N) is 1. The highest BCUT2D eigenvalue weighted by Crippen LogP contribution is 2.38. The number of ether oxygens (including phenoxy) is 2. The van der Waals surface area contributed by atoms with Crippen LogP contribution in [0, 0.1) is 5.82 Å². The zero-order valence-electron chi connectivity index (χ0n) is 17.7. The number of carbonyl (C=O) groups excluding carboxylic acids is 1. The van der Waals surface area contributed by atoms with Crippen LogP contribution in [0.2, 0.25) is 0 Å². The second kappa shape index (κ2) is 8.55. The smallest absolute Gasteiger partial charge is 0.260 e. The summed E-state index contributed by atoms with van der Waals surface area (Å²) in [4.78, 5) is 23.8. The molecule has 0 aliphatic carbocycles. The summed E-state index contributed by atoms with van der Waals surface area (Å²) in [6, 6.07) is 11.7. The van der Waals surface area contributed by atoms with Crippen LogP contribution >= 0.6 is 0 Å². The zero-order chi connectivity index (χ0) is 22.1. The number of carbonyl (C=O) groups is 1. The number of hydrogen-bond donors (Lipinski definition) is 1. The molecule has 2 aliphatic rings. The van der Waals surface area contributed by atoms with Gasteiger partial charge in [-0.3, -0.25) is 14.7 Å². The van der Waals surface area contributed by atoms with Crippen LogP contribution in [0.4, 0.5) is 10.2 Å². The van der Waals surface area contributed by atoms with Crippen LogP contribution in [-0.2, 0) is 6.54 Å². The standard InChI is InChI=1S/C24H23FN4O3/c1-31-19-5-2-4-18(25)22(19)23-17-14-29(24(30)16(17)10-13-27-23)20-6-3-7-21(28-20)32-15-8-11-26-12-9-15/h2-7,10,13,15,26H,8-9,11-12,14H2,1H3. The lowest BCUT2D eigenvalue weighted by Crippen LogP contribution is -2.34. The molecule has 32 heavy (non-hydrogen) atoms. The van der Waals surface area contributed by atoms with E-state index in [0.29, 0.717) is 34.3 Å². The average molecular weight is 434 g/mol. The fourth-order valence-corrected chi connectivity index (χ4v) is 4.24. The van der Waals surface area contributed by atoms with E-state index in [1.165, 1.54) is 19.4 Å². The molecule has 8 heteroatoms. The summed E-state index contributed by atoms with van der Waals surface area (Å²) < 4.78 is 26.1. The second-order valence-electron chi connectivity index (χ2n) is 7.80. The van der Waals surface area contributed by atoms with Crippen molar-refractivity contribution in [3.8, 4) is 22.9 Å². The van der Waals surface area contributed by atoms with Gasteiger partial charge in [-0.05, 0) is 50.2 Å². The summed E-state index contributed by atoms with van der Waals surface area (Å²) >= 11 is 0. The Morgan fingerprint density at radius 1 is 1.12 bits per heavy atom. The highest BCUT2D eigenvalue weighted by Gasteiger charge is 2.33. The molecular formula is C24H23FN4O3. The highest BCUT2D eigenvalue weighted by molar-refractivity contribution is 6.10. The summed E-state index contributed by atoms with van der Waals surface area (Å²) in [6.07, 6.45) is 3.46. The van der Waals surface area contributed by atoms with Crippen molar-refractivity contribution in [3.05, 3.63) is 65.6 Å². The minimum Gasteiger partial charge on any atom is -0.496 e. The predicted molar refractivity (Wildman–Crippen MR) is 117 cm³/mol. The van der Waals surface area contributed by atoms with E-state index in [-0.39, 0.29) is 24.1 Å². The molecular weight excluding hydrogens is 411 g/mol. The minimum absolute atomic E-state index is 0.106. The number of hydrogen-bond acceptors (Lipinski definition) is 6. The number of nitrogens with zero attached hydrogens (tertiary/aromatic N) is 3. The van der Waals surface area contributed by atoms with E-state index in [1.54, 1.807) is 35.2 Å². The number of pyridine rings is 2. The topological polar surface area (TPSA) is 76.6 Å². The molecule has 0 atom stereocenters. The molecule has 1 saturated heterocycles. The number of piperidine rings is 1. The van der Waals surface area contributed by atoms with E-state index < -0.39 is 5.82 Å². The van der Waals surface area contributed by atoms with Crippen molar-refractivity contribution in [1.29, 1.82) is 0 Å². The summed E-state index contributed by atoms with van der Waals surface area (Å²) in [5, 5.41) is 3.31. The molecule has 0 radical (unpaired) electrons. The number of rotatable bonds is 5. The predicted octanol–water partition coefficient (Wildman–Crippen LogP) is 3.58. The lowest BCUT2D eigenvalue weighted by atomic mass is 10.0. The molecule has 0 bridgehead atoms. The lowest BCUT2D eigenvalue weighted by Gasteiger charge is -2.24. The van der Waals surface area contributed by atoms with Crippen molar-refractivity contribution in [2.45, 2.75) is 25.5 Å². The van der Waals surface area contributed by atoms with Gasteiger partial charge < -0.3 is 14.8 Å². The molecule has 1 fully saturated rings. The number of aromatic nitrogens is 2. The van der Waals surface area contributed by atoms with Crippen molar-refractivity contribution >= 4 is 11.7 Å². The molecule has 1 aromatic carbocycles. The molecule has 164 valence electrons. The van der Waals surface area contributed by atoms with E-state index >= 15 is 0 Å². The molecule has 1 amide bonds. The Kier molecular flexibility index (Phi) is 5.45. The van der Waals surface area contributed by atoms with Gasteiger partial charge in [-0.25, -0.2) is 4.39 Å². The van der Waals surface area contributed by atoms with Crippen molar-refractivity contribution in [2.75, 3.05) is 25.1 Å². The third-order valence-corrected chi connectivity index (χ3v) is 5.84. The van der Waals surface area contributed by atoms with Crippen LogP contribution in [0.25, 0.3) is 11.3 Å². The Bertz CT molecular complexity index is 1160. The molecule has 2 aliphatic heterocycles. The maximum Gasteiger partial charge on any atom is 0.260 e. The van der Waals surface area contributed by atoms with Crippen molar-refractivity contribution in [2.24, 2.45) is 0 Å². The fraction of sp³-hybridized carbons (Fsp3) is 0.292. The molecule has 3 aromatic rings. The summed E-state index contributed by atoms with van der Waals surface area (Å²) in [6.45, 7) is 2.07. The summed E-state index contributed by atoms with van der Waals surface area (Å²) in [5.41, 5.74) is 1.77. The number of anilines is 1. The molecule has 1 N–H and O–H groups in total. The molecule has 4 heterocycles. The molecule has 2 aromatic heterocycles. The average Bonchev–Trinajstić information content (AvgIpc) is 3.16. The van der Waals surface area contributed by atoms with Gasteiger partial charge in [0.25, 0.3) is 5.91 Å². The van der Waals surface area contributed by atoms with Gasteiger partial charge in [0.1, 0.15) is 23.5 Å². The first kappa shape index (κ1) is 20.4. The number of benzene rings is 1. The molecule has 0 spiro atoms. The van der Waals surface area contributed by atoms with Gasteiger partial charge in [0.2, 0.25) is 5.88 Å². The Morgan fingerprint density at radius 3 is 2.75 bits per heavy atom. The maximum absolute atomic E-state index is 14.7. The second-order valence-corrected chi connectivity index (χ2v) is 7.80. The lowest BCUT2D eigenvalue weighted by molar-refractivity contribution is 0.0995. The number of halogens is 1. The van der Waals surface area contributed by atoms with Crippen LogP contribution in [0.1, 0.15) is 28.8 Å². The van der Waals surface area contributed by atoms with E-state index in [9.17, 15) is 9.18 Å². The first-order valence-electron chi connectivity index (χ1n) is 10.6. The van der Waals surface area contributed by atoms with Crippen LogP contribution in [-0.4, -0.2) is 42.2 Å². The van der Waals surface area contributed by atoms with Crippen LogP contribution < -0.4 is 19.7 Å². The van der Waals surface area contributed by atoms with Crippen LogP contribution in [0.15, 0.2) is 48.7 Å². The quantitative estimate of drug-likeness (QED) is 0.662. The SMILES string of the molecule is COc1cccc(F)c1-c1nccc2c1CN(c1cccc(OC3CCNCC3)n1)C2=O. The highest BCUT2D eigenvalue weighted by atomic mass is 19.1. The largest absolute Gasteiger partial charge is 0.496 e. The first-order valence-corrected chi connectivity index (χ1v) is 10.6. The summed E-state index contributed by atoms with van der Waals surface area (Å²) in [7, 11) is 1.48. The maximum atomic E-state index is 14.7. The molecule has 0 unspecified atom stereocenters. The van der Waals surface area contributed by atoms with Crippen molar-refractivity contribution < 1.29 is 18.7 Å². The van der Waals surface area contributed by atoms with E-state index in [1.807, 2.05) is 6.07 Å². The van der Waals surface area contributed by atoms with Crippen LogP contribution in [0.3, 0.4) is 0 Å². The van der Waals surface area contributed by atoms with Gasteiger partial charge in [-0.1, -0.05) is 12.1 Å². The number of amides is 1. The van der Waals surface area contributed by atoms with Gasteiger partial charge in [0, 0.05) is 23.4 Å². The van der Waals surface area contributed by atoms with Crippen LogP contribution in [0.5, 0.6) is 11.6 Å². The number of fused-ring (bicyclic) bond motifs is 1. The van der Waals surface area contributed by atoms with Crippen molar-refractivity contribution in [3.63, 3.8) is 0 Å². The number of methoxy groups -OCH3 is 1. The molecule has 0 saturated carbocycles. The Balaban J connectivity index is 1.47. The Morgan fingerprint density at radius 2 is 1.94 bits per heavy atom. The monoisotopic (exact) mass is 434 g/mol. The van der Waals surface area contributed by atoms with Gasteiger partial charge in [0.15, 0.2) is 0 Å². The normalized spacial score (nSPS) is 16.2. The van der Waals surface area contributed by atoms with E-state index in [2.05, 4.69) is 15.3 Å². The molecule has 5 rings (SSSR count). The zero-order valence-corrected chi connectivity index (χ0v) is 17.7. The van der Waals surface area contributed by atoms with Gasteiger partial charge in [-0.15, -0.1) is 0 Å². The van der Waals surface area contributed by atoms with Gasteiger partial charge in [-0.2, -0.15) is 4.98 Å². The van der Waals surface area contributed by atoms with Gasteiger partial charge >= 0.3 is 0 Å².